The monoisotopic (exact) mass is 263 g/mol. The number of aliphatic hydroxyl groups is 1. The second-order valence-electron chi connectivity index (χ2n) is 4.84. The molecular formula is C16H25NO2. The smallest absolute Gasteiger partial charge is 0.251 e. The molecular weight excluding hydrogens is 238 g/mol. The van der Waals surface area contributed by atoms with Gasteiger partial charge in [-0.1, -0.05) is 25.5 Å². The van der Waals surface area contributed by atoms with Crippen molar-refractivity contribution >= 4 is 5.91 Å². The van der Waals surface area contributed by atoms with Gasteiger partial charge in [-0.05, 0) is 49.8 Å². The van der Waals surface area contributed by atoms with Gasteiger partial charge < -0.3 is 10.4 Å². The van der Waals surface area contributed by atoms with Crippen molar-refractivity contribution in [3.8, 4) is 0 Å². The Morgan fingerprint density at radius 1 is 1.11 bits per heavy atom. The van der Waals surface area contributed by atoms with Crippen molar-refractivity contribution in [1.82, 2.24) is 5.32 Å². The maximum atomic E-state index is 11.8. The third-order valence-electron chi connectivity index (χ3n) is 3.16. The highest BCUT2D eigenvalue weighted by Gasteiger charge is 2.04. The number of unbranched alkanes of at least 4 members (excludes halogenated alkanes) is 3. The first kappa shape index (κ1) is 15.7. The topological polar surface area (TPSA) is 49.3 Å². The summed E-state index contributed by atoms with van der Waals surface area (Å²) in [6.07, 6.45) is 6.14. The third-order valence-corrected chi connectivity index (χ3v) is 3.16. The fraction of sp³-hybridized carbons (Fsp3) is 0.562. The predicted octanol–water partition coefficient (Wildman–Crippen LogP) is 2.92. The molecule has 0 saturated carbocycles. The molecule has 3 heteroatoms. The average molecular weight is 263 g/mol. The van der Waals surface area contributed by atoms with Gasteiger partial charge in [-0.25, -0.2) is 0 Å². The van der Waals surface area contributed by atoms with E-state index in [2.05, 4.69) is 12.2 Å². The predicted molar refractivity (Wildman–Crippen MR) is 78.3 cm³/mol. The van der Waals surface area contributed by atoms with Crippen molar-refractivity contribution in [2.24, 2.45) is 0 Å². The molecule has 0 unspecified atom stereocenters. The van der Waals surface area contributed by atoms with Crippen molar-refractivity contribution in [2.75, 3.05) is 13.2 Å². The summed E-state index contributed by atoms with van der Waals surface area (Å²) in [7, 11) is 0. The Balaban J connectivity index is 2.32. The van der Waals surface area contributed by atoms with Gasteiger partial charge in [-0.3, -0.25) is 4.79 Å². The second-order valence-corrected chi connectivity index (χ2v) is 4.84. The number of amides is 1. The Labute approximate surface area is 116 Å². The fourth-order valence-electron chi connectivity index (χ4n) is 1.92. The number of hydrogen-bond donors (Lipinski definition) is 2. The van der Waals surface area contributed by atoms with Crippen molar-refractivity contribution in [1.29, 1.82) is 0 Å². The van der Waals surface area contributed by atoms with Crippen molar-refractivity contribution in [3.63, 3.8) is 0 Å². The zero-order valence-corrected chi connectivity index (χ0v) is 11.8. The summed E-state index contributed by atoms with van der Waals surface area (Å²) in [6.45, 7) is 3.09. The highest BCUT2D eigenvalue weighted by Crippen LogP contribution is 2.08. The number of benzene rings is 1. The van der Waals surface area contributed by atoms with Gasteiger partial charge in [-0.2, -0.15) is 0 Å². The van der Waals surface area contributed by atoms with Crippen molar-refractivity contribution < 1.29 is 9.90 Å². The zero-order valence-electron chi connectivity index (χ0n) is 11.8. The lowest BCUT2D eigenvalue weighted by Crippen LogP contribution is -2.24. The molecule has 0 aliphatic heterocycles. The standard InChI is InChI=1S/C16H25NO2/c1-2-3-7-14-8-10-15(11-9-14)16(19)17-12-5-4-6-13-18/h8-11,18H,2-7,12-13H2,1H3,(H,17,19). The van der Waals surface area contributed by atoms with Crippen LogP contribution in [0, 0.1) is 0 Å². The van der Waals surface area contributed by atoms with E-state index in [9.17, 15) is 4.79 Å². The summed E-state index contributed by atoms with van der Waals surface area (Å²) in [4.78, 5) is 11.8. The average Bonchev–Trinajstić information content (AvgIpc) is 2.45. The summed E-state index contributed by atoms with van der Waals surface area (Å²) in [5, 5.41) is 11.6. The number of carbonyl (C=O) groups is 1. The van der Waals surface area contributed by atoms with E-state index in [1.807, 2.05) is 24.3 Å². The second kappa shape index (κ2) is 9.56. The van der Waals surface area contributed by atoms with Gasteiger partial charge in [0.25, 0.3) is 5.91 Å². The molecule has 0 radical (unpaired) electrons. The third kappa shape index (κ3) is 6.39. The van der Waals surface area contributed by atoms with Gasteiger partial charge in [-0.15, -0.1) is 0 Å². The van der Waals surface area contributed by atoms with Gasteiger partial charge >= 0.3 is 0 Å². The van der Waals surface area contributed by atoms with Crippen LogP contribution in [0.4, 0.5) is 0 Å². The lowest BCUT2D eigenvalue weighted by molar-refractivity contribution is 0.0953. The first-order valence-corrected chi connectivity index (χ1v) is 7.26. The highest BCUT2D eigenvalue weighted by molar-refractivity contribution is 5.94. The van der Waals surface area contributed by atoms with Crippen LogP contribution in [0.3, 0.4) is 0 Å². The highest BCUT2D eigenvalue weighted by atomic mass is 16.2. The molecule has 0 fully saturated rings. The Kier molecular flexibility index (Phi) is 7.91. The van der Waals surface area contributed by atoms with Crippen LogP contribution >= 0.6 is 0 Å². The molecule has 2 N–H and O–H groups in total. The quantitative estimate of drug-likeness (QED) is 0.673. The summed E-state index contributed by atoms with van der Waals surface area (Å²) < 4.78 is 0. The Bertz CT molecular complexity index is 360. The lowest BCUT2D eigenvalue weighted by atomic mass is 10.1. The van der Waals surface area contributed by atoms with Gasteiger partial charge in [0, 0.05) is 18.7 Å². The van der Waals surface area contributed by atoms with Gasteiger partial charge in [0.2, 0.25) is 0 Å². The normalized spacial score (nSPS) is 10.4. The molecule has 19 heavy (non-hydrogen) atoms. The van der Waals surface area contributed by atoms with Crippen LogP contribution in [0.25, 0.3) is 0 Å². The van der Waals surface area contributed by atoms with E-state index in [0.29, 0.717) is 6.54 Å². The maximum Gasteiger partial charge on any atom is 0.251 e. The van der Waals surface area contributed by atoms with E-state index >= 15 is 0 Å². The molecule has 1 amide bonds. The molecule has 0 heterocycles. The molecule has 0 aromatic heterocycles. The minimum absolute atomic E-state index is 0.00830. The van der Waals surface area contributed by atoms with Crippen molar-refractivity contribution in [2.45, 2.75) is 45.4 Å². The summed E-state index contributed by atoms with van der Waals surface area (Å²) in [6, 6.07) is 7.87. The molecule has 1 aromatic carbocycles. The van der Waals surface area contributed by atoms with E-state index in [4.69, 9.17) is 5.11 Å². The largest absolute Gasteiger partial charge is 0.396 e. The van der Waals surface area contributed by atoms with E-state index < -0.39 is 0 Å². The van der Waals surface area contributed by atoms with E-state index in [0.717, 1.165) is 31.2 Å². The minimum atomic E-state index is -0.00830. The summed E-state index contributed by atoms with van der Waals surface area (Å²) >= 11 is 0. The number of carbonyl (C=O) groups excluding carboxylic acids is 1. The van der Waals surface area contributed by atoms with Crippen LogP contribution in [0.15, 0.2) is 24.3 Å². The first-order chi connectivity index (χ1) is 9.27. The van der Waals surface area contributed by atoms with Crippen LogP contribution in [-0.2, 0) is 6.42 Å². The number of hydrogen-bond acceptors (Lipinski definition) is 2. The number of rotatable bonds is 9. The first-order valence-electron chi connectivity index (χ1n) is 7.26. The molecule has 0 saturated heterocycles. The lowest BCUT2D eigenvalue weighted by Gasteiger charge is -2.06. The number of nitrogens with one attached hydrogen (secondary N) is 1. The van der Waals surface area contributed by atoms with Crippen LogP contribution in [0.1, 0.15) is 54.9 Å². The minimum Gasteiger partial charge on any atom is -0.396 e. The number of aliphatic hydroxyl groups excluding tert-OH is 1. The van der Waals surface area contributed by atoms with Gasteiger partial charge in [0.1, 0.15) is 0 Å². The van der Waals surface area contributed by atoms with E-state index in [-0.39, 0.29) is 12.5 Å². The Morgan fingerprint density at radius 2 is 1.84 bits per heavy atom. The SMILES string of the molecule is CCCCc1ccc(C(=O)NCCCCCO)cc1. The Hall–Kier alpha value is -1.35. The molecule has 0 aliphatic carbocycles. The van der Waals surface area contributed by atoms with Crippen LogP contribution in [0.2, 0.25) is 0 Å². The number of aryl methyl sites for hydroxylation is 1. The maximum absolute atomic E-state index is 11.8. The van der Waals surface area contributed by atoms with E-state index in [1.165, 1.54) is 18.4 Å². The van der Waals surface area contributed by atoms with Crippen LogP contribution in [-0.4, -0.2) is 24.2 Å². The summed E-state index contributed by atoms with van der Waals surface area (Å²) in [5.41, 5.74) is 2.02. The molecule has 1 aromatic rings. The molecule has 0 atom stereocenters. The van der Waals surface area contributed by atoms with Gasteiger partial charge in [0.15, 0.2) is 0 Å². The molecule has 0 spiro atoms. The van der Waals surface area contributed by atoms with Crippen LogP contribution in [0.5, 0.6) is 0 Å². The molecule has 106 valence electrons. The zero-order chi connectivity index (χ0) is 13.9. The van der Waals surface area contributed by atoms with Crippen molar-refractivity contribution in [3.05, 3.63) is 35.4 Å². The fourth-order valence-corrected chi connectivity index (χ4v) is 1.92. The molecule has 0 aliphatic rings. The van der Waals surface area contributed by atoms with E-state index in [1.54, 1.807) is 0 Å². The van der Waals surface area contributed by atoms with Gasteiger partial charge in [0.05, 0.1) is 0 Å². The molecule has 3 nitrogen and oxygen atoms in total. The summed E-state index contributed by atoms with van der Waals surface area (Å²) in [5.74, 6) is -0.00830. The van der Waals surface area contributed by atoms with Crippen LogP contribution < -0.4 is 5.32 Å². The molecule has 0 bridgehead atoms. The molecule has 1 rings (SSSR count). The Morgan fingerprint density at radius 3 is 2.47 bits per heavy atom.